The average molecular weight is 153 g/mol. The number of benzene rings is 1. The molecule has 0 spiro atoms. The van der Waals surface area contributed by atoms with Crippen molar-refractivity contribution >= 4 is 5.69 Å². The lowest BCUT2D eigenvalue weighted by Gasteiger charge is -1.94. The van der Waals surface area contributed by atoms with Gasteiger partial charge in [0.25, 0.3) is 0 Å². The van der Waals surface area contributed by atoms with Gasteiger partial charge in [-0.2, -0.15) is 0 Å². The maximum absolute atomic E-state index is 8.59. The van der Waals surface area contributed by atoms with Crippen molar-refractivity contribution in [2.75, 3.05) is 5.73 Å². The molecule has 62 valence electrons. The minimum absolute atomic E-state index is 0.0836. The monoisotopic (exact) mass is 153 g/mol. The smallest absolute Gasteiger partial charge is 0.0681 e. The molecule has 0 aromatic heterocycles. The zero-order valence-electron chi connectivity index (χ0n) is 7.04. The number of aliphatic hydroxyl groups is 1. The molecule has 0 unspecified atom stereocenters. The van der Waals surface area contributed by atoms with E-state index in [-0.39, 0.29) is 6.61 Å². The molecule has 3 N–H and O–H groups in total. The fraction of sp³-hybridized carbons (Fsp3) is 0.333. The van der Waals surface area contributed by atoms with Gasteiger partial charge in [0.15, 0.2) is 0 Å². The van der Waals surface area contributed by atoms with Gasteiger partial charge in [0.05, 0.1) is 6.61 Å². The molecule has 11 heavy (non-hydrogen) atoms. The van der Waals surface area contributed by atoms with Gasteiger partial charge in [0, 0.05) is 5.69 Å². The predicted octanol–water partition coefficient (Wildman–Crippen LogP) is 1.79. The van der Waals surface area contributed by atoms with E-state index in [0.29, 0.717) is 0 Å². The lowest BCUT2D eigenvalue weighted by Crippen LogP contribution is -1.85. The molecule has 2 heteroatoms. The van der Waals surface area contributed by atoms with E-state index in [2.05, 4.69) is 0 Å². The van der Waals surface area contributed by atoms with Crippen LogP contribution in [0.4, 0.5) is 5.69 Å². The van der Waals surface area contributed by atoms with Crippen LogP contribution in [0.5, 0.6) is 0 Å². The van der Waals surface area contributed by atoms with Crippen molar-refractivity contribution in [3.63, 3.8) is 0 Å². The Morgan fingerprint density at radius 3 is 2.00 bits per heavy atom. The highest BCUT2D eigenvalue weighted by Gasteiger charge is 1.86. The normalized spacial score (nSPS) is 8.27. The Kier molecular flexibility index (Phi) is 5.21. The Bertz CT molecular complexity index is 181. The van der Waals surface area contributed by atoms with Crippen LogP contribution in [0.2, 0.25) is 0 Å². The van der Waals surface area contributed by atoms with Gasteiger partial charge in [-0.05, 0) is 17.7 Å². The van der Waals surface area contributed by atoms with E-state index in [0.717, 1.165) is 11.3 Å². The van der Waals surface area contributed by atoms with Gasteiger partial charge in [-0.15, -0.1) is 0 Å². The summed E-state index contributed by atoms with van der Waals surface area (Å²) in [4.78, 5) is 0. The Morgan fingerprint density at radius 2 is 1.64 bits per heavy atom. The maximum Gasteiger partial charge on any atom is 0.0681 e. The van der Waals surface area contributed by atoms with Crippen LogP contribution in [-0.4, -0.2) is 5.11 Å². The summed E-state index contributed by atoms with van der Waals surface area (Å²) in [5.41, 5.74) is 7.02. The molecule has 0 bridgehead atoms. The zero-order valence-corrected chi connectivity index (χ0v) is 7.04. The molecular weight excluding hydrogens is 138 g/mol. The molecule has 0 amide bonds. The molecule has 2 nitrogen and oxygen atoms in total. The molecule has 0 saturated heterocycles. The maximum atomic E-state index is 8.59. The molecule has 1 aromatic carbocycles. The van der Waals surface area contributed by atoms with Crippen molar-refractivity contribution in [1.82, 2.24) is 0 Å². The van der Waals surface area contributed by atoms with Crippen LogP contribution < -0.4 is 5.73 Å². The zero-order chi connectivity index (χ0) is 8.69. The van der Waals surface area contributed by atoms with E-state index in [1.54, 1.807) is 24.3 Å². The summed E-state index contributed by atoms with van der Waals surface area (Å²) in [6.45, 7) is 4.08. The topological polar surface area (TPSA) is 46.2 Å². The van der Waals surface area contributed by atoms with Crippen molar-refractivity contribution in [3.05, 3.63) is 29.8 Å². The minimum Gasteiger partial charge on any atom is -0.399 e. The fourth-order valence-corrected chi connectivity index (χ4v) is 0.623. The average Bonchev–Trinajstić information content (AvgIpc) is 2.10. The molecule has 0 aliphatic rings. The Labute approximate surface area is 67.7 Å². The van der Waals surface area contributed by atoms with Gasteiger partial charge in [0.2, 0.25) is 0 Å². The number of anilines is 1. The Balaban J connectivity index is 0.000000461. The van der Waals surface area contributed by atoms with Crippen molar-refractivity contribution < 1.29 is 5.11 Å². The van der Waals surface area contributed by atoms with E-state index < -0.39 is 0 Å². The van der Waals surface area contributed by atoms with E-state index in [4.69, 9.17) is 10.8 Å². The van der Waals surface area contributed by atoms with E-state index >= 15 is 0 Å². The van der Waals surface area contributed by atoms with Crippen LogP contribution in [0.3, 0.4) is 0 Å². The first-order valence-electron chi connectivity index (χ1n) is 3.78. The largest absolute Gasteiger partial charge is 0.399 e. The third-order valence-corrected chi connectivity index (χ3v) is 1.16. The van der Waals surface area contributed by atoms with Crippen molar-refractivity contribution in [2.45, 2.75) is 20.5 Å². The van der Waals surface area contributed by atoms with Gasteiger partial charge in [0.1, 0.15) is 0 Å². The third kappa shape index (κ3) is 3.63. The van der Waals surface area contributed by atoms with Gasteiger partial charge in [-0.25, -0.2) is 0 Å². The van der Waals surface area contributed by atoms with Crippen LogP contribution in [-0.2, 0) is 6.61 Å². The molecule has 1 aromatic rings. The molecule has 1 rings (SSSR count). The molecule has 0 saturated carbocycles. The Hall–Kier alpha value is -1.02. The van der Waals surface area contributed by atoms with Crippen LogP contribution in [0.1, 0.15) is 19.4 Å². The molecule has 0 aliphatic heterocycles. The van der Waals surface area contributed by atoms with Gasteiger partial charge >= 0.3 is 0 Å². The predicted molar refractivity (Wildman–Crippen MR) is 48.1 cm³/mol. The van der Waals surface area contributed by atoms with Gasteiger partial charge in [-0.1, -0.05) is 26.0 Å². The van der Waals surface area contributed by atoms with Crippen molar-refractivity contribution in [1.29, 1.82) is 0 Å². The minimum atomic E-state index is 0.0836. The number of nitrogen functional groups attached to an aromatic ring is 1. The van der Waals surface area contributed by atoms with Crippen LogP contribution in [0.15, 0.2) is 24.3 Å². The first kappa shape index (κ1) is 9.98. The fourth-order valence-electron chi connectivity index (χ4n) is 0.623. The van der Waals surface area contributed by atoms with Gasteiger partial charge < -0.3 is 10.8 Å². The van der Waals surface area contributed by atoms with Crippen LogP contribution in [0.25, 0.3) is 0 Å². The number of aliphatic hydroxyl groups excluding tert-OH is 1. The number of hydrogen-bond acceptors (Lipinski definition) is 2. The van der Waals surface area contributed by atoms with Crippen molar-refractivity contribution in [3.8, 4) is 0 Å². The van der Waals surface area contributed by atoms with Crippen LogP contribution in [0, 0.1) is 0 Å². The van der Waals surface area contributed by atoms with Crippen molar-refractivity contribution in [2.24, 2.45) is 0 Å². The lowest BCUT2D eigenvalue weighted by atomic mass is 10.2. The highest BCUT2D eigenvalue weighted by molar-refractivity contribution is 5.38. The third-order valence-electron chi connectivity index (χ3n) is 1.16. The summed E-state index contributed by atoms with van der Waals surface area (Å²) in [6.07, 6.45) is 0. The molecule has 0 atom stereocenters. The summed E-state index contributed by atoms with van der Waals surface area (Å²) in [5, 5.41) is 8.59. The molecule has 0 aliphatic carbocycles. The number of nitrogens with two attached hydrogens (primary N) is 1. The lowest BCUT2D eigenvalue weighted by molar-refractivity contribution is 0.282. The quantitative estimate of drug-likeness (QED) is 0.604. The van der Waals surface area contributed by atoms with E-state index in [1.807, 2.05) is 13.8 Å². The summed E-state index contributed by atoms with van der Waals surface area (Å²) < 4.78 is 0. The number of hydrogen-bond donors (Lipinski definition) is 2. The molecule has 0 heterocycles. The Morgan fingerprint density at radius 1 is 1.18 bits per heavy atom. The summed E-state index contributed by atoms with van der Waals surface area (Å²) in [7, 11) is 0. The van der Waals surface area contributed by atoms with Gasteiger partial charge in [-0.3, -0.25) is 0 Å². The summed E-state index contributed by atoms with van der Waals surface area (Å²) >= 11 is 0. The second-order valence-electron chi connectivity index (χ2n) is 1.90. The van der Waals surface area contributed by atoms with E-state index in [9.17, 15) is 0 Å². The molecular formula is C9H15NO. The molecule has 0 fully saturated rings. The highest BCUT2D eigenvalue weighted by atomic mass is 16.3. The number of rotatable bonds is 1. The van der Waals surface area contributed by atoms with E-state index in [1.165, 1.54) is 0 Å². The first-order valence-corrected chi connectivity index (χ1v) is 3.78. The molecule has 0 radical (unpaired) electrons. The second kappa shape index (κ2) is 5.74. The first-order chi connectivity index (χ1) is 5.33. The standard InChI is InChI=1S/C7H9NO.C2H6/c8-7-3-1-6(5-9)2-4-7;1-2/h1-4,9H,5,8H2;1-2H3. The SMILES string of the molecule is CC.Nc1ccc(CO)cc1. The summed E-state index contributed by atoms with van der Waals surface area (Å²) in [6, 6.07) is 7.14. The second-order valence-corrected chi connectivity index (χ2v) is 1.90. The summed E-state index contributed by atoms with van der Waals surface area (Å²) in [5.74, 6) is 0. The van der Waals surface area contributed by atoms with Crippen LogP contribution >= 0.6 is 0 Å². The highest BCUT2D eigenvalue weighted by Crippen LogP contribution is 2.03.